The van der Waals surface area contributed by atoms with Gasteiger partial charge in [0.1, 0.15) is 23.7 Å². The minimum atomic E-state index is -1.19. The van der Waals surface area contributed by atoms with Gasteiger partial charge in [0, 0.05) is 30.6 Å². The molecule has 2 aliphatic rings. The Hall–Kier alpha value is -3.80. The van der Waals surface area contributed by atoms with Crippen LogP contribution >= 0.6 is 0 Å². The number of fused-ring (bicyclic) bond motifs is 3. The fraction of sp³-hybridized carbons (Fsp3) is 0.467. The molecule has 4 rings (SSSR count). The van der Waals surface area contributed by atoms with E-state index in [-0.39, 0.29) is 38.6 Å². The molecule has 222 valence electrons. The standard InChI is InChI=1S/C30H38N2O9/c1-5-25(35)32(10-8-18-14-19(38-2)6-7-23(18)39-3)22-15-21(30(37)31-9-11-33)26-20-12-17(16-34)13-24(40-4)28(20)41-29(26)27(22)36/h6-7,12-15,22,26-27,29,33-34,36H,5,8-11,16H2,1-4H3,(H,31,37)/t22-,26+,27+,29+/m1/s1. The summed E-state index contributed by atoms with van der Waals surface area (Å²) in [5.74, 6) is 0.671. The van der Waals surface area contributed by atoms with Gasteiger partial charge in [-0.25, -0.2) is 0 Å². The predicted octanol–water partition coefficient (Wildman–Crippen LogP) is 1.31. The first-order chi connectivity index (χ1) is 19.8. The number of ether oxygens (including phenoxy) is 4. The SMILES string of the molecule is CCC(=O)N(CCc1cc(OC)ccc1OC)[C@@H]1C=C(C(=O)NCCO)[C@@H]2c3cc(CO)cc(OC)c3O[C@@H]2[C@H]1O. The predicted molar refractivity (Wildman–Crippen MR) is 149 cm³/mol. The number of aliphatic hydroxyl groups excluding tert-OH is 3. The molecule has 0 radical (unpaired) electrons. The summed E-state index contributed by atoms with van der Waals surface area (Å²) in [5.41, 5.74) is 2.27. The first-order valence-electron chi connectivity index (χ1n) is 13.6. The highest BCUT2D eigenvalue weighted by atomic mass is 16.5. The van der Waals surface area contributed by atoms with E-state index in [2.05, 4.69) is 5.32 Å². The van der Waals surface area contributed by atoms with Crippen molar-refractivity contribution >= 4 is 11.8 Å². The second-order valence-electron chi connectivity index (χ2n) is 9.89. The van der Waals surface area contributed by atoms with Crippen LogP contribution in [-0.4, -0.2) is 91.3 Å². The van der Waals surface area contributed by atoms with Crippen molar-refractivity contribution in [1.29, 1.82) is 0 Å². The number of nitrogens with zero attached hydrogens (tertiary/aromatic N) is 1. The Morgan fingerprint density at radius 3 is 2.44 bits per heavy atom. The van der Waals surface area contributed by atoms with Crippen molar-refractivity contribution in [3.63, 3.8) is 0 Å². The van der Waals surface area contributed by atoms with E-state index in [0.717, 1.165) is 5.56 Å². The molecule has 0 saturated heterocycles. The maximum atomic E-state index is 13.4. The Bertz CT molecular complexity index is 1290. The van der Waals surface area contributed by atoms with E-state index in [0.29, 0.717) is 46.1 Å². The Balaban J connectivity index is 1.76. The topological polar surface area (TPSA) is 147 Å². The zero-order valence-corrected chi connectivity index (χ0v) is 23.8. The molecule has 11 nitrogen and oxygen atoms in total. The molecule has 0 bridgehead atoms. The number of amides is 2. The summed E-state index contributed by atoms with van der Waals surface area (Å²) < 4.78 is 22.6. The van der Waals surface area contributed by atoms with Crippen molar-refractivity contribution in [3.8, 4) is 23.0 Å². The van der Waals surface area contributed by atoms with Crippen LogP contribution in [0.1, 0.15) is 36.0 Å². The van der Waals surface area contributed by atoms with E-state index in [1.165, 1.54) is 7.11 Å². The third-order valence-corrected chi connectivity index (χ3v) is 7.59. The number of hydrogen-bond donors (Lipinski definition) is 4. The van der Waals surface area contributed by atoms with Gasteiger partial charge in [-0.05, 0) is 54.0 Å². The number of carbonyl (C=O) groups is 2. The normalized spacial score (nSPS) is 20.7. The van der Waals surface area contributed by atoms with Gasteiger partial charge < -0.3 is 44.5 Å². The van der Waals surface area contributed by atoms with Gasteiger partial charge in [0.15, 0.2) is 11.5 Å². The number of benzene rings is 2. The number of methoxy groups -OCH3 is 3. The van der Waals surface area contributed by atoms with Gasteiger partial charge in [0.25, 0.3) is 0 Å². The molecular weight excluding hydrogens is 532 g/mol. The van der Waals surface area contributed by atoms with Crippen LogP contribution in [-0.2, 0) is 22.6 Å². The van der Waals surface area contributed by atoms with Gasteiger partial charge in [-0.3, -0.25) is 9.59 Å². The minimum Gasteiger partial charge on any atom is -0.497 e. The van der Waals surface area contributed by atoms with Crippen molar-refractivity contribution in [3.05, 3.63) is 58.7 Å². The van der Waals surface area contributed by atoms with E-state index in [1.807, 2.05) is 6.07 Å². The van der Waals surface area contributed by atoms with E-state index in [9.17, 15) is 24.9 Å². The minimum absolute atomic E-state index is 0.0295. The zero-order valence-electron chi connectivity index (χ0n) is 23.8. The summed E-state index contributed by atoms with van der Waals surface area (Å²) in [7, 11) is 4.61. The maximum Gasteiger partial charge on any atom is 0.247 e. The van der Waals surface area contributed by atoms with Crippen LogP contribution in [0.4, 0.5) is 0 Å². The fourth-order valence-corrected chi connectivity index (χ4v) is 5.58. The van der Waals surface area contributed by atoms with E-state index in [1.54, 1.807) is 56.4 Å². The molecule has 1 heterocycles. The Morgan fingerprint density at radius 1 is 1.05 bits per heavy atom. The monoisotopic (exact) mass is 570 g/mol. The number of nitrogens with one attached hydrogen (secondary N) is 1. The summed E-state index contributed by atoms with van der Waals surface area (Å²) in [6.07, 6.45) is 0.105. The summed E-state index contributed by atoms with van der Waals surface area (Å²) in [6, 6.07) is 7.91. The summed E-state index contributed by atoms with van der Waals surface area (Å²) >= 11 is 0. The van der Waals surface area contributed by atoms with Gasteiger partial charge in [0.05, 0.1) is 46.5 Å². The average Bonchev–Trinajstić information content (AvgIpc) is 3.39. The zero-order chi connectivity index (χ0) is 29.7. The quantitative estimate of drug-likeness (QED) is 0.297. The molecule has 0 fully saturated rings. The van der Waals surface area contributed by atoms with E-state index < -0.39 is 30.1 Å². The van der Waals surface area contributed by atoms with Crippen molar-refractivity contribution < 1.29 is 43.9 Å². The molecular formula is C30H38N2O9. The lowest BCUT2D eigenvalue weighted by Crippen LogP contribution is -2.56. The molecule has 1 aliphatic carbocycles. The molecule has 0 unspecified atom stereocenters. The third kappa shape index (κ3) is 5.97. The van der Waals surface area contributed by atoms with Crippen LogP contribution < -0.4 is 24.3 Å². The largest absolute Gasteiger partial charge is 0.497 e. The lowest BCUT2D eigenvalue weighted by molar-refractivity contribution is -0.136. The summed E-state index contributed by atoms with van der Waals surface area (Å²) in [6.45, 7) is 1.48. The first kappa shape index (κ1) is 30.2. The highest BCUT2D eigenvalue weighted by molar-refractivity contribution is 5.96. The van der Waals surface area contributed by atoms with Crippen LogP contribution in [0.15, 0.2) is 42.0 Å². The second-order valence-corrected chi connectivity index (χ2v) is 9.89. The Kier molecular flexibility index (Phi) is 9.74. The smallest absolute Gasteiger partial charge is 0.247 e. The van der Waals surface area contributed by atoms with Gasteiger partial charge >= 0.3 is 0 Å². The summed E-state index contributed by atoms with van der Waals surface area (Å²) in [4.78, 5) is 28.3. The van der Waals surface area contributed by atoms with Gasteiger partial charge in [-0.1, -0.05) is 6.92 Å². The van der Waals surface area contributed by atoms with Crippen LogP contribution in [0.3, 0.4) is 0 Å². The molecule has 0 spiro atoms. The van der Waals surface area contributed by atoms with Gasteiger partial charge in [-0.2, -0.15) is 0 Å². The molecule has 4 N–H and O–H groups in total. The molecule has 2 amide bonds. The molecule has 0 saturated carbocycles. The van der Waals surface area contributed by atoms with Crippen molar-refractivity contribution in [2.24, 2.45) is 0 Å². The van der Waals surface area contributed by atoms with E-state index >= 15 is 0 Å². The first-order valence-corrected chi connectivity index (χ1v) is 13.6. The molecule has 0 aromatic heterocycles. The molecule has 2 aromatic carbocycles. The molecule has 41 heavy (non-hydrogen) atoms. The van der Waals surface area contributed by atoms with Crippen LogP contribution in [0.25, 0.3) is 0 Å². The molecule has 4 atom stereocenters. The van der Waals surface area contributed by atoms with Crippen LogP contribution in [0, 0.1) is 0 Å². The maximum absolute atomic E-state index is 13.4. The van der Waals surface area contributed by atoms with E-state index in [4.69, 9.17) is 18.9 Å². The molecule has 11 heteroatoms. The van der Waals surface area contributed by atoms with Crippen molar-refractivity contribution in [1.82, 2.24) is 10.2 Å². The highest BCUT2D eigenvalue weighted by Crippen LogP contribution is 2.51. The van der Waals surface area contributed by atoms with Crippen molar-refractivity contribution in [2.75, 3.05) is 41.0 Å². The molecule has 2 aromatic rings. The Labute approximate surface area is 239 Å². The fourth-order valence-electron chi connectivity index (χ4n) is 5.58. The summed E-state index contributed by atoms with van der Waals surface area (Å²) in [5, 5.41) is 33.6. The number of hydrogen-bond acceptors (Lipinski definition) is 9. The Morgan fingerprint density at radius 2 is 1.80 bits per heavy atom. The molecule has 1 aliphatic heterocycles. The third-order valence-electron chi connectivity index (χ3n) is 7.59. The average molecular weight is 571 g/mol. The highest BCUT2D eigenvalue weighted by Gasteiger charge is 2.51. The lowest BCUT2D eigenvalue weighted by atomic mass is 9.77. The lowest BCUT2D eigenvalue weighted by Gasteiger charge is -2.40. The van der Waals surface area contributed by atoms with Gasteiger partial charge in [-0.15, -0.1) is 0 Å². The van der Waals surface area contributed by atoms with Crippen molar-refractivity contribution in [2.45, 2.75) is 50.5 Å². The van der Waals surface area contributed by atoms with Gasteiger partial charge in [0.2, 0.25) is 11.8 Å². The number of carbonyl (C=O) groups excluding carboxylic acids is 2. The number of rotatable bonds is 12. The van der Waals surface area contributed by atoms with Crippen LogP contribution in [0.2, 0.25) is 0 Å². The number of aliphatic hydroxyl groups is 3. The second kappa shape index (κ2) is 13.2. The van der Waals surface area contributed by atoms with Crippen LogP contribution in [0.5, 0.6) is 23.0 Å².